The summed E-state index contributed by atoms with van der Waals surface area (Å²) >= 11 is 3.00. The molecular formula is C22H15N3O3S2. The van der Waals surface area contributed by atoms with Gasteiger partial charge in [0.15, 0.2) is 0 Å². The number of aromatic nitrogens is 1. The summed E-state index contributed by atoms with van der Waals surface area (Å²) in [6.07, 6.45) is 0.409. The molecule has 3 heterocycles. The van der Waals surface area contributed by atoms with Gasteiger partial charge in [0.1, 0.15) is 10.0 Å². The maximum atomic E-state index is 12.9. The number of para-hydroxylation sites is 1. The molecule has 0 aliphatic carbocycles. The standard InChI is InChI=1S/C22H15N3O3S2/c26-18-8-9-19(27)25(18)14-5-3-4-13(12-14)20(28)24-21-15(10-11-29-21)22-23-16-6-1-2-7-17(16)30-22/h1-7,10-12H,8-9H2,(H,24,28). The van der Waals surface area contributed by atoms with Crippen molar-refractivity contribution in [3.63, 3.8) is 0 Å². The van der Waals surface area contributed by atoms with Crippen LogP contribution in [-0.2, 0) is 9.59 Å². The van der Waals surface area contributed by atoms with Crippen LogP contribution in [0.5, 0.6) is 0 Å². The van der Waals surface area contributed by atoms with E-state index in [2.05, 4.69) is 10.3 Å². The second kappa shape index (κ2) is 7.47. The molecule has 8 heteroatoms. The van der Waals surface area contributed by atoms with Crippen LogP contribution in [-0.4, -0.2) is 22.7 Å². The number of benzene rings is 2. The topological polar surface area (TPSA) is 79.4 Å². The number of amides is 3. The van der Waals surface area contributed by atoms with Crippen LogP contribution in [0.25, 0.3) is 20.8 Å². The van der Waals surface area contributed by atoms with Crippen LogP contribution >= 0.6 is 22.7 Å². The highest BCUT2D eigenvalue weighted by Crippen LogP contribution is 2.38. The number of carbonyl (C=O) groups excluding carboxylic acids is 3. The zero-order chi connectivity index (χ0) is 20.7. The largest absolute Gasteiger partial charge is 0.313 e. The number of fused-ring (bicyclic) bond motifs is 1. The summed E-state index contributed by atoms with van der Waals surface area (Å²) in [5, 5.41) is 6.41. The Kier molecular flexibility index (Phi) is 4.65. The molecule has 1 N–H and O–H groups in total. The summed E-state index contributed by atoms with van der Waals surface area (Å²) in [6, 6.07) is 16.4. The van der Waals surface area contributed by atoms with Crippen LogP contribution in [0.4, 0.5) is 10.7 Å². The van der Waals surface area contributed by atoms with Crippen molar-refractivity contribution in [1.29, 1.82) is 0 Å². The van der Waals surface area contributed by atoms with E-state index in [4.69, 9.17) is 0 Å². The minimum absolute atomic E-state index is 0.204. The highest BCUT2D eigenvalue weighted by atomic mass is 32.1. The van der Waals surface area contributed by atoms with E-state index in [0.717, 1.165) is 25.7 Å². The van der Waals surface area contributed by atoms with E-state index < -0.39 is 0 Å². The van der Waals surface area contributed by atoms with Crippen molar-refractivity contribution < 1.29 is 14.4 Å². The Hall–Kier alpha value is -3.36. The lowest BCUT2D eigenvalue weighted by Gasteiger charge is -2.14. The molecule has 148 valence electrons. The van der Waals surface area contributed by atoms with E-state index >= 15 is 0 Å². The van der Waals surface area contributed by atoms with E-state index in [9.17, 15) is 14.4 Å². The Bertz CT molecular complexity index is 1260. The van der Waals surface area contributed by atoms with Crippen molar-refractivity contribution in [1.82, 2.24) is 4.98 Å². The molecule has 1 fully saturated rings. The molecule has 6 nitrogen and oxygen atoms in total. The molecule has 2 aromatic carbocycles. The smallest absolute Gasteiger partial charge is 0.256 e. The molecule has 3 amide bonds. The van der Waals surface area contributed by atoms with Crippen molar-refractivity contribution in [2.24, 2.45) is 0 Å². The van der Waals surface area contributed by atoms with Gasteiger partial charge in [-0.1, -0.05) is 18.2 Å². The highest BCUT2D eigenvalue weighted by Gasteiger charge is 2.30. The number of rotatable bonds is 4. The van der Waals surface area contributed by atoms with Gasteiger partial charge in [-0.05, 0) is 41.8 Å². The third-order valence-electron chi connectivity index (χ3n) is 4.83. The first-order chi connectivity index (χ1) is 14.6. The predicted octanol–water partition coefficient (Wildman–Crippen LogP) is 4.93. The van der Waals surface area contributed by atoms with Crippen molar-refractivity contribution >= 4 is 61.3 Å². The van der Waals surface area contributed by atoms with Gasteiger partial charge in [0, 0.05) is 24.0 Å². The van der Waals surface area contributed by atoms with Crippen LogP contribution in [0, 0.1) is 0 Å². The number of hydrogen-bond donors (Lipinski definition) is 1. The number of imide groups is 1. The Morgan fingerprint density at radius 3 is 2.60 bits per heavy atom. The van der Waals surface area contributed by atoms with Crippen LogP contribution < -0.4 is 10.2 Å². The molecule has 0 atom stereocenters. The zero-order valence-electron chi connectivity index (χ0n) is 15.6. The van der Waals surface area contributed by atoms with Crippen molar-refractivity contribution in [3.8, 4) is 10.6 Å². The second-order valence-electron chi connectivity index (χ2n) is 6.78. The Morgan fingerprint density at radius 2 is 1.80 bits per heavy atom. The summed E-state index contributed by atoms with van der Waals surface area (Å²) in [6.45, 7) is 0. The summed E-state index contributed by atoms with van der Waals surface area (Å²) < 4.78 is 1.09. The minimum atomic E-state index is -0.305. The lowest BCUT2D eigenvalue weighted by Crippen LogP contribution is -2.28. The molecule has 4 aromatic rings. The summed E-state index contributed by atoms with van der Waals surface area (Å²) in [7, 11) is 0. The van der Waals surface area contributed by atoms with Gasteiger partial charge < -0.3 is 5.32 Å². The van der Waals surface area contributed by atoms with Crippen LogP contribution in [0.1, 0.15) is 23.2 Å². The molecule has 30 heavy (non-hydrogen) atoms. The Morgan fingerprint density at radius 1 is 1.00 bits per heavy atom. The monoisotopic (exact) mass is 433 g/mol. The Balaban J connectivity index is 1.42. The molecule has 1 aliphatic heterocycles. The maximum absolute atomic E-state index is 12.9. The normalized spacial score (nSPS) is 13.9. The van der Waals surface area contributed by atoms with Gasteiger partial charge in [0.25, 0.3) is 5.91 Å². The van der Waals surface area contributed by atoms with E-state index in [1.165, 1.54) is 11.3 Å². The number of nitrogens with one attached hydrogen (secondary N) is 1. The summed E-state index contributed by atoms with van der Waals surface area (Å²) in [5.74, 6) is -0.788. The quantitative estimate of drug-likeness (QED) is 0.463. The van der Waals surface area contributed by atoms with E-state index in [-0.39, 0.29) is 30.6 Å². The van der Waals surface area contributed by atoms with E-state index in [0.29, 0.717) is 16.3 Å². The van der Waals surface area contributed by atoms with Gasteiger partial charge in [0.2, 0.25) is 11.8 Å². The SMILES string of the molecule is O=C(Nc1sccc1-c1nc2ccccc2s1)c1cccc(N2C(=O)CCC2=O)c1. The third kappa shape index (κ3) is 3.30. The fourth-order valence-corrected chi connectivity index (χ4v) is 5.23. The molecule has 1 saturated heterocycles. The number of carbonyl (C=O) groups is 3. The molecule has 0 saturated carbocycles. The fraction of sp³-hybridized carbons (Fsp3) is 0.0909. The molecule has 1 aliphatic rings. The number of thiophene rings is 1. The van der Waals surface area contributed by atoms with Crippen LogP contribution in [0.2, 0.25) is 0 Å². The lowest BCUT2D eigenvalue weighted by molar-refractivity contribution is -0.121. The summed E-state index contributed by atoms with van der Waals surface area (Å²) in [4.78, 5) is 42.7. The molecule has 0 bridgehead atoms. The van der Waals surface area contributed by atoms with Crippen molar-refractivity contribution in [2.45, 2.75) is 12.8 Å². The number of nitrogens with zero attached hydrogens (tertiary/aromatic N) is 2. The average Bonchev–Trinajstić information content (AvgIpc) is 3.46. The molecule has 5 rings (SSSR count). The second-order valence-corrected chi connectivity index (χ2v) is 8.72. The average molecular weight is 434 g/mol. The number of thiazole rings is 1. The molecule has 2 aromatic heterocycles. The first-order valence-corrected chi connectivity index (χ1v) is 11.0. The van der Waals surface area contributed by atoms with Crippen molar-refractivity contribution in [2.75, 3.05) is 10.2 Å². The van der Waals surface area contributed by atoms with Crippen LogP contribution in [0.3, 0.4) is 0 Å². The van der Waals surface area contributed by atoms with Gasteiger partial charge in [-0.2, -0.15) is 0 Å². The van der Waals surface area contributed by atoms with Crippen LogP contribution in [0.15, 0.2) is 60.0 Å². The van der Waals surface area contributed by atoms with Gasteiger partial charge in [0.05, 0.1) is 15.9 Å². The molecule has 0 radical (unpaired) electrons. The minimum Gasteiger partial charge on any atom is -0.313 e. The van der Waals surface area contributed by atoms with Gasteiger partial charge >= 0.3 is 0 Å². The van der Waals surface area contributed by atoms with Gasteiger partial charge in [-0.3, -0.25) is 19.3 Å². The van der Waals surface area contributed by atoms with Gasteiger partial charge in [-0.15, -0.1) is 22.7 Å². The third-order valence-corrected chi connectivity index (χ3v) is 6.73. The fourth-order valence-electron chi connectivity index (χ4n) is 3.39. The highest BCUT2D eigenvalue weighted by molar-refractivity contribution is 7.22. The summed E-state index contributed by atoms with van der Waals surface area (Å²) in [5.41, 5.74) is 2.60. The number of anilines is 2. The lowest BCUT2D eigenvalue weighted by atomic mass is 10.1. The molecule has 0 spiro atoms. The molecular weight excluding hydrogens is 418 g/mol. The van der Waals surface area contributed by atoms with E-state index in [1.54, 1.807) is 35.6 Å². The van der Waals surface area contributed by atoms with Gasteiger partial charge in [-0.25, -0.2) is 4.98 Å². The molecule has 0 unspecified atom stereocenters. The zero-order valence-corrected chi connectivity index (χ0v) is 17.3. The van der Waals surface area contributed by atoms with E-state index in [1.807, 2.05) is 35.7 Å². The Labute approximate surface area is 179 Å². The first kappa shape index (κ1) is 18.7. The predicted molar refractivity (Wildman–Crippen MR) is 119 cm³/mol. The maximum Gasteiger partial charge on any atom is 0.256 e. The first-order valence-electron chi connectivity index (χ1n) is 9.31. The number of hydrogen-bond acceptors (Lipinski definition) is 6. The van der Waals surface area contributed by atoms with Crippen molar-refractivity contribution in [3.05, 3.63) is 65.5 Å².